The van der Waals surface area contributed by atoms with E-state index < -0.39 is 84.6 Å². The summed E-state index contributed by atoms with van der Waals surface area (Å²) in [6, 6.07) is 1.90. The Morgan fingerprint density at radius 2 is 1.38 bits per heavy atom. The Bertz CT molecular complexity index is 1210. The topological polar surface area (TPSA) is 138 Å². The van der Waals surface area contributed by atoms with E-state index in [1.807, 2.05) is 0 Å². The zero-order valence-electron chi connectivity index (χ0n) is 22.6. The van der Waals surface area contributed by atoms with Gasteiger partial charge in [0.2, 0.25) is 0 Å². The summed E-state index contributed by atoms with van der Waals surface area (Å²) in [6.45, 7) is 3.46. The van der Waals surface area contributed by atoms with E-state index in [1.165, 1.54) is 4.90 Å². The highest BCUT2D eigenvalue weighted by atomic mass is 19.4. The van der Waals surface area contributed by atoms with Crippen LogP contribution in [0.3, 0.4) is 0 Å². The maximum Gasteiger partial charge on any atom is 0.430 e. The number of alkyl halides is 6. The molecule has 5 atom stereocenters. The molecule has 1 saturated heterocycles. The number of carbonyl (C=O) groups excluding carboxylic acids is 4. The maximum absolute atomic E-state index is 13.5. The van der Waals surface area contributed by atoms with Gasteiger partial charge in [0.15, 0.2) is 24.5 Å². The first-order valence-electron chi connectivity index (χ1n) is 12.3. The molecule has 1 aromatic rings. The fourth-order valence-corrected chi connectivity index (χ4v) is 4.86. The first kappa shape index (κ1) is 32.9. The molecule has 2 aliphatic heterocycles. The lowest BCUT2D eigenvalue weighted by Crippen LogP contribution is -2.66. The van der Waals surface area contributed by atoms with Crippen LogP contribution >= 0.6 is 0 Å². The number of hydrogen-bond donors (Lipinski definition) is 1. The highest BCUT2D eigenvalue weighted by molar-refractivity contribution is 5.69. The van der Waals surface area contributed by atoms with Gasteiger partial charge < -0.3 is 33.7 Å². The molecule has 234 valence electrons. The van der Waals surface area contributed by atoms with Crippen molar-refractivity contribution >= 4 is 29.6 Å². The van der Waals surface area contributed by atoms with Gasteiger partial charge in [-0.25, -0.2) is 0 Å². The first-order valence-corrected chi connectivity index (χ1v) is 12.3. The molecule has 1 N–H and O–H groups in total. The van der Waals surface area contributed by atoms with Gasteiger partial charge in [-0.1, -0.05) is 12.1 Å². The number of carbonyl (C=O) groups is 4. The van der Waals surface area contributed by atoms with Crippen LogP contribution in [0.5, 0.6) is 0 Å². The number of nitrogens with zero attached hydrogens (tertiary/aromatic N) is 1. The molecule has 2 heterocycles. The molecule has 3 rings (SSSR count). The van der Waals surface area contributed by atoms with Gasteiger partial charge in [-0.3, -0.25) is 19.2 Å². The van der Waals surface area contributed by atoms with E-state index in [0.717, 1.165) is 33.8 Å². The molecular formula is C25H27F6NO10. The van der Waals surface area contributed by atoms with Crippen molar-refractivity contribution in [2.45, 2.75) is 82.7 Å². The van der Waals surface area contributed by atoms with Crippen LogP contribution in [0.25, 0.3) is 0 Å². The molecule has 0 saturated carbocycles. The number of fused-ring (bicyclic) bond motifs is 1. The van der Waals surface area contributed by atoms with Crippen LogP contribution < -0.4 is 4.90 Å². The molecular weight excluding hydrogens is 588 g/mol. The molecule has 0 bridgehead atoms. The van der Waals surface area contributed by atoms with Crippen molar-refractivity contribution in [1.29, 1.82) is 0 Å². The predicted octanol–water partition coefficient (Wildman–Crippen LogP) is 2.44. The van der Waals surface area contributed by atoms with Crippen LogP contribution in [0.2, 0.25) is 0 Å². The second-order valence-electron chi connectivity index (χ2n) is 9.58. The fourth-order valence-electron chi connectivity index (χ4n) is 4.86. The highest BCUT2D eigenvalue weighted by Crippen LogP contribution is 2.51. The zero-order chi connectivity index (χ0) is 31.8. The molecule has 0 spiro atoms. The average molecular weight is 615 g/mol. The Kier molecular flexibility index (Phi) is 9.36. The summed E-state index contributed by atoms with van der Waals surface area (Å²) in [5.74, 6) is -3.43. The average Bonchev–Trinajstić information content (AvgIpc) is 3.25. The number of anilines is 1. The second-order valence-corrected chi connectivity index (χ2v) is 9.58. The minimum absolute atomic E-state index is 0.0475. The van der Waals surface area contributed by atoms with Gasteiger partial charge in [0.25, 0.3) is 5.60 Å². The molecule has 42 heavy (non-hydrogen) atoms. The number of aliphatic hydroxyl groups is 1. The minimum Gasteiger partial charge on any atom is -0.463 e. The number of esters is 4. The summed E-state index contributed by atoms with van der Waals surface area (Å²) in [6.07, 6.45) is -19.7. The number of hydrogen-bond acceptors (Lipinski definition) is 11. The van der Waals surface area contributed by atoms with Crippen molar-refractivity contribution in [3.05, 3.63) is 29.3 Å². The summed E-state index contributed by atoms with van der Waals surface area (Å²) in [7, 11) is 0. The van der Waals surface area contributed by atoms with Crippen molar-refractivity contribution in [1.82, 2.24) is 0 Å². The van der Waals surface area contributed by atoms with Gasteiger partial charge in [-0.15, -0.1) is 0 Å². The standard InChI is InChI=1S/C25H27F6NO10/c1-11(33)38-10-18-19(39-12(2)34)20(40-13(3)35)21(41-14(4)36)22(42-18)32-8-7-15-9-16(5-6-17(15)32)23(37,24(26,27)28)25(29,30)31/h5-6,9,18-22,37H,7-8,10H2,1-4H3/t18-,19-,20+,21+,22-/m0/s1. The Morgan fingerprint density at radius 1 is 0.857 bits per heavy atom. The first-order chi connectivity index (χ1) is 19.3. The SMILES string of the molecule is CC(=O)OC[C@@H]1O[C@H](N2CCc3cc(C(O)(C(F)(F)F)C(F)(F)F)ccc32)[C@H](OC(C)=O)[C@H](OC(C)=O)[C@H]1OC(C)=O. The molecule has 2 aliphatic rings. The minimum atomic E-state index is -6.10. The van der Waals surface area contributed by atoms with Crippen LogP contribution in [-0.2, 0) is 54.9 Å². The van der Waals surface area contributed by atoms with Crippen molar-refractivity contribution < 1.29 is 74.3 Å². The largest absolute Gasteiger partial charge is 0.463 e. The number of benzene rings is 1. The smallest absolute Gasteiger partial charge is 0.430 e. The molecule has 0 aliphatic carbocycles. The van der Waals surface area contributed by atoms with Crippen molar-refractivity contribution in [3.8, 4) is 0 Å². The molecule has 0 unspecified atom stereocenters. The molecule has 11 nitrogen and oxygen atoms in total. The van der Waals surface area contributed by atoms with E-state index in [0.29, 0.717) is 12.1 Å². The third-order valence-corrected chi connectivity index (χ3v) is 6.52. The molecule has 1 aromatic carbocycles. The van der Waals surface area contributed by atoms with Crippen LogP contribution in [-0.4, -0.2) is 85.1 Å². The quantitative estimate of drug-likeness (QED) is 0.275. The monoisotopic (exact) mass is 615 g/mol. The molecule has 0 aromatic heterocycles. The van der Waals surface area contributed by atoms with Crippen LogP contribution in [0.4, 0.5) is 32.0 Å². The Hall–Kier alpha value is -3.60. The zero-order valence-corrected chi connectivity index (χ0v) is 22.6. The molecule has 0 amide bonds. The second kappa shape index (κ2) is 11.9. The van der Waals surface area contributed by atoms with E-state index in [2.05, 4.69) is 0 Å². The molecule has 1 fully saturated rings. The van der Waals surface area contributed by atoms with Crippen molar-refractivity contribution in [2.24, 2.45) is 0 Å². The van der Waals surface area contributed by atoms with E-state index in [4.69, 9.17) is 23.7 Å². The van der Waals surface area contributed by atoms with Gasteiger partial charge >= 0.3 is 36.2 Å². The Balaban J connectivity index is 2.11. The van der Waals surface area contributed by atoms with E-state index in [-0.39, 0.29) is 24.2 Å². The Labute approximate surface area is 234 Å². The Morgan fingerprint density at radius 3 is 1.88 bits per heavy atom. The third kappa shape index (κ3) is 6.56. The lowest BCUT2D eigenvalue weighted by Gasteiger charge is -2.47. The van der Waals surface area contributed by atoms with E-state index in [1.54, 1.807) is 0 Å². The van der Waals surface area contributed by atoms with Crippen LogP contribution in [0.15, 0.2) is 18.2 Å². The summed E-state index contributed by atoms with van der Waals surface area (Å²) >= 11 is 0. The third-order valence-electron chi connectivity index (χ3n) is 6.52. The van der Waals surface area contributed by atoms with Gasteiger partial charge in [-0.2, -0.15) is 26.3 Å². The van der Waals surface area contributed by atoms with Gasteiger partial charge in [0.1, 0.15) is 12.7 Å². The predicted molar refractivity (Wildman–Crippen MR) is 125 cm³/mol. The number of halogens is 6. The lowest BCUT2D eigenvalue weighted by atomic mass is 9.90. The van der Waals surface area contributed by atoms with Crippen LogP contribution in [0, 0.1) is 0 Å². The number of ether oxygens (including phenoxy) is 5. The van der Waals surface area contributed by atoms with Crippen molar-refractivity contribution in [3.63, 3.8) is 0 Å². The fraction of sp³-hybridized carbons (Fsp3) is 0.600. The summed E-state index contributed by atoms with van der Waals surface area (Å²) in [5, 5.41) is 9.82. The summed E-state index contributed by atoms with van der Waals surface area (Å²) < 4.78 is 108. The van der Waals surface area contributed by atoms with Gasteiger partial charge in [-0.05, 0) is 18.1 Å². The maximum atomic E-state index is 13.5. The van der Waals surface area contributed by atoms with Crippen molar-refractivity contribution in [2.75, 3.05) is 18.1 Å². The highest BCUT2D eigenvalue weighted by Gasteiger charge is 2.71. The van der Waals surface area contributed by atoms with Crippen LogP contribution in [0.1, 0.15) is 38.8 Å². The summed E-state index contributed by atoms with van der Waals surface area (Å²) in [5.41, 5.74) is -6.63. The molecule has 0 radical (unpaired) electrons. The van der Waals surface area contributed by atoms with Gasteiger partial charge in [0, 0.05) is 45.5 Å². The van der Waals surface area contributed by atoms with E-state index >= 15 is 0 Å². The van der Waals surface area contributed by atoms with E-state index in [9.17, 15) is 50.6 Å². The van der Waals surface area contributed by atoms with Gasteiger partial charge in [0.05, 0.1) is 0 Å². The molecule has 17 heteroatoms. The lowest BCUT2D eigenvalue weighted by molar-refractivity contribution is -0.376. The summed E-state index contributed by atoms with van der Waals surface area (Å²) in [4.78, 5) is 48.8. The normalized spacial score (nSPS) is 24.5. The number of rotatable bonds is 7.